The van der Waals surface area contributed by atoms with Crippen LogP contribution >= 0.6 is 0 Å². The number of carbonyl (C=O) groups excluding carboxylic acids is 1. The minimum atomic E-state index is -0.146. The molecule has 2 heterocycles. The van der Waals surface area contributed by atoms with Gasteiger partial charge in [0.1, 0.15) is 12.1 Å². The monoisotopic (exact) mass is 372 g/mol. The van der Waals surface area contributed by atoms with E-state index in [2.05, 4.69) is 44.6 Å². The van der Waals surface area contributed by atoms with Crippen LogP contribution in [0.4, 0.5) is 5.82 Å². The average Bonchev–Trinajstić information content (AvgIpc) is 3.17. The van der Waals surface area contributed by atoms with Gasteiger partial charge >= 0.3 is 0 Å². The molecule has 0 aliphatic rings. The number of imidazole rings is 1. The second-order valence-corrected chi connectivity index (χ2v) is 6.44. The van der Waals surface area contributed by atoms with Crippen molar-refractivity contribution in [1.82, 2.24) is 24.8 Å². The molecule has 0 saturated heterocycles. The lowest BCUT2D eigenvalue weighted by Crippen LogP contribution is -2.17. The predicted molar refractivity (Wildman–Crippen MR) is 109 cm³/mol. The first-order valence-electron chi connectivity index (χ1n) is 8.99. The van der Waals surface area contributed by atoms with Gasteiger partial charge in [-0.2, -0.15) is 0 Å². The fraction of sp³-hybridized carbons (Fsp3) is 0.143. The molecule has 140 valence electrons. The second-order valence-electron chi connectivity index (χ2n) is 6.44. The van der Waals surface area contributed by atoms with Crippen molar-refractivity contribution < 1.29 is 4.79 Å². The second kappa shape index (κ2) is 7.48. The van der Waals surface area contributed by atoms with E-state index in [1.165, 1.54) is 0 Å². The molecule has 28 heavy (non-hydrogen) atoms. The molecule has 2 aromatic heterocycles. The van der Waals surface area contributed by atoms with Crippen molar-refractivity contribution in [2.75, 3.05) is 12.4 Å². The van der Waals surface area contributed by atoms with E-state index in [0.29, 0.717) is 17.2 Å². The molecule has 0 aliphatic heterocycles. The largest absolute Gasteiger partial charge is 0.362 e. The maximum Gasteiger partial charge on any atom is 0.251 e. The van der Waals surface area contributed by atoms with Crippen LogP contribution in [-0.4, -0.2) is 32.5 Å². The topological polar surface area (TPSA) is 84.7 Å². The van der Waals surface area contributed by atoms with Crippen LogP contribution in [0.25, 0.3) is 16.9 Å². The minimum Gasteiger partial charge on any atom is -0.362 e. The normalized spacial score (nSPS) is 11.9. The lowest BCUT2D eigenvalue weighted by molar-refractivity contribution is 0.0963. The molecule has 2 N–H and O–H groups in total. The molecule has 0 unspecified atom stereocenters. The maximum absolute atomic E-state index is 12.0. The van der Waals surface area contributed by atoms with Crippen molar-refractivity contribution in [2.24, 2.45) is 0 Å². The van der Waals surface area contributed by atoms with Crippen LogP contribution in [0.2, 0.25) is 0 Å². The lowest BCUT2D eigenvalue weighted by atomic mass is 10.1. The lowest BCUT2D eigenvalue weighted by Gasteiger charge is -2.15. The van der Waals surface area contributed by atoms with Crippen molar-refractivity contribution in [1.29, 1.82) is 0 Å². The summed E-state index contributed by atoms with van der Waals surface area (Å²) in [4.78, 5) is 25.4. The summed E-state index contributed by atoms with van der Waals surface area (Å²) in [5.74, 6) is 1.15. The summed E-state index contributed by atoms with van der Waals surface area (Å²) in [5.41, 5.74) is 3.31. The Morgan fingerprint density at radius 2 is 1.93 bits per heavy atom. The van der Waals surface area contributed by atoms with E-state index in [9.17, 15) is 4.79 Å². The van der Waals surface area contributed by atoms with Crippen LogP contribution in [0.1, 0.15) is 28.9 Å². The Bertz CT molecular complexity index is 1120. The number of anilines is 1. The molecule has 0 saturated carbocycles. The van der Waals surface area contributed by atoms with Crippen LogP contribution in [0.5, 0.6) is 0 Å². The molecule has 0 aliphatic carbocycles. The number of rotatable bonds is 5. The Morgan fingerprint density at radius 1 is 1.11 bits per heavy atom. The smallest absolute Gasteiger partial charge is 0.251 e. The molecule has 1 atom stereocenters. The summed E-state index contributed by atoms with van der Waals surface area (Å²) in [6.07, 6.45) is 5.05. The summed E-state index contributed by atoms with van der Waals surface area (Å²) in [6, 6.07) is 15.6. The van der Waals surface area contributed by atoms with Gasteiger partial charge < -0.3 is 10.6 Å². The third kappa shape index (κ3) is 3.42. The van der Waals surface area contributed by atoms with Gasteiger partial charge in [0, 0.05) is 18.7 Å². The summed E-state index contributed by atoms with van der Waals surface area (Å²) >= 11 is 0. The van der Waals surface area contributed by atoms with E-state index < -0.39 is 0 Å². The van der Waals surface area contributed by atoms with Gasteiger partial charge in [0.05, 0.1) is 23.4 Å². The van der Waals surface area contributed by atoms with Crippen molar-refractivity contribution in [3.63, 3.8) is 0 Å². The zero-order valence-electron chi connectivity index (χ0n) is 15.6. The first-order valence-corrected chi connectivity index (χ1v) is 8.99. The first kappa shape index (κ1) is 17.7. The van der Waals surface area contributed by atoms with Crippen LogP contribution < -0.4 is 10.6 Å². The highest BCUT2D eigenvalue weighted by Crippen LogP contribution is 2.21. The Balaban J connectivity index is 1.67. The number of carbonyl (C=O) groups is 1. The number of hydrogen-bond acceptors (Lipinski definition) is 5. The molecular weight excluding hydrogens is 352 g/mol. The quantitative estimate of drug-likeness (QED) is 0.561. The minimum absolute atomic E-state index is 0.0881. The Hall–Kier alpha value is -3.74. The van der Waals surface area contributed by atoms with E-state index >= 15 is 0 Å². The van der Waals surface area contributed by atoms with Crippen LogP contribution in [0.3, 0.4) is 0 Å². The summed E-state index contributed by atoms with van der Waals surface area (Å²) < 4.78 is 1.83. The standard InChI is InChI=1S/C21H20N6O/c1-14(15-6-4-3-5-7-15)25-19-11-23-12-20(26-19)27-13-24-17-9-8-16(10-18(17)27)21(28)22-2/h3-14H,1-2H3,(H,22,28)(H,25,26)/t14-/m0/s1. The van der Waals surface area contributed by atoms with Crippen molar-refractivity contribution in [2.45, 2.75) is 13.0 Å². The Labute approximate surface area is 162 Å². The number of benzene rings is 2. The van der Waals surface area contributed by atoms with Gasteiger partial charge in [-0.05, 0) is 30.7 Å². The molecule has 7 nitrogen and oxygen atoms in total. The molecule has 0 fully saturated rings. The molecule has 4 aromatic rings. The summed E-state index contributed by atoms with van der Waals surface area (Å²) in [5, 5.41) is 6.01. The van der Waals surface area contributed by atoms with E-state index in [-0.39, 0.29) is 11.9 Å². The third-order valence-corrected chi connectivity index (χ3v) is 4.57. The molecule has 0 radical (unpaired) electrons. The highest BCUT2D eigenvalue weighted by molar-refractivity contribution is 5.97. The van der Waals surface area contributed by atoms with E-state index in [0.717, 1.165) is 16.6 Å². The van der Waals surface area contributed by atoms with Gasteiger partial charge in [0.15, 0.2) is 5.82 Å². The molecule has 2 aromatic carbocycles. The van der Waals surface area contributed by atoms with Crippen LogP contribution in [0, 0.1) is 0 Å². The summed E-state index contributed by atoms with van der Waals surface area (Å²) in [6.45, 7) is 2.08. The Morgan fingerprint density at radius 3 is 2.71 bits per heavy atom. The molecule has 4 rings (SSSR count). The fourth-order valence-electron chi connectivity index (χ4n) is 3.06. The third-order valence-electron chi connectivity index (χ3n) is 4.57. The van der Waals surface area contributed by atoms with Crippen LogP contribution in [-0.2, 0) is 0 Å². The fourth-order valence-corrected chi connectivity index (χ4v) is 3.06. The SMILES string of the molecule is CNC(=O)c1ccc2ncn(-c3cncc(N[C@@H](C)c4ccccc4)n3)c2c1. The van der Waals surface area contributed by atoms with Crippen molar-refractivity contribution in [3.8, 4) is 5.82 Å². The highest BCUT2D eigenvalue weighted by atomic mass is 16.1. The van der Waals surface area contributed by atoms with Gasteiger partial charge in [-0.3, -0.25) is 14.3 Å². The van der Waals surface area contributed by atoms with Gasteiger partial charge in [-0.1, -0.05) is 30.3 Å². The van der Waals surface area contributed by atoms with E-state index in [1.54, 1.807) is 37.9 Å². The van der Waals surface area contributed by atoms with Crippen molar-refractivity contribution in [3.05, 3.63) is 78.4 Å². The average molecular weight is 372 g/mol. The van der Waals surface area contributed by atoms with Gasteiger partial charge in [-0.25, -0.2) is 9.97 Å². The van der Waals surface area contributed by atoms with Gasteiger partial charge in [0.25, 0.3) is 5.91 Å². The number of fused-ring (bicyclic) bond motifs is 1. The van der Waals surface area contributed by atoms with Gasteiger partial charge in [-0.15, -0.1) is 0 Å². The van der Waals surface area contributed by atoms with E-state index in [1.807, 2.05) is 28.8 Å². The predicted octanol–water partition coefficient (Wildman–Crippen LogP) is 3.35. The zero-order valence-corrected chi connectivity index (χ0v) is 15.6. The number of nitrogens with one attached hydrogen (secondary N) is 2. The number of aromatic nitrogens is 4. The maximum atomic E-state index is 12.0. The molecule has 0 bridgehead atoms. The molecule has 7 heteroatoms. The Kier molecular flexibility index (Phi) is 4.72. The highest BCUT2D eigenvalue weighted by Gasteiger charge is 2.12. The molecule has 1 amide bonds. The van der Waals surface area contributed by atoms with Crippen LogP contribution in [0.15, 0.2) is 67.3 Å². The zero-order chi connectivity index (χ0) is 19.5. The van der Waals surface area contributed by atoms with Gasteiger partial charge in [0.2, 0.25) is 0 Å². The summed E-state index contributed by atoms with van der Waals surface area (Å²) in [7, 11) is 1.61. The number of nitrogens with zero attached hydrogens (tertiary/aromatic N) is 4. The number of hydrogen-bond donors (Lipinski definition) is 2. The van der Waals surface area contributed by atoms with Crippen molar-refractivity contribution >= 4 is 22.8 Å². The number of amides is 1. The van der Waals surface area contributed by atoms with E-state index in [4.69, 9.17) is 0 Å². The molecular formula is C21H20N6O. The first-order chi connectivity index (χ1) is 13.7. The molecule has 0 spiro atoms.